The van der Waals surface area contributed by atoms with Crippen molar-refractivity contribution in [3.63, 3.8) is 0 Å². The van der Waals surface area contributed by atoms with Gasteiger partial charge in [-0.1, -0.05) is 123 Å². The molecule has 4 heteroatoms. The van der Waals surface area contributed by atoms with Crippen LogP contribution >= 0.6 is 0 Å². The smallest absolute Gasteiger partial charge is 0.0895 e. The molecule has 0 aliphatic carbocycles. The minimum atomic E-state index is -0.102. The van der Waals surface area contributed by atoms with E-state index in [1.807, 2.05) is 24.8 Å². The largest absolute Gasteiger partial charge is 0.261 e. The molecule has 0 aliphatic heterocycles. The number of nitrogens with zero attached hydrogens (tertiary/aromatic N) is 4. The van der Waals surface area contributed by atoms with E-state index in [1.54, 1.807) is 0 Å². The molecule has 0 amide bonds. The second-order valence-electron chi connectivity index (χ2n) is 15.7. The molecule has 0 saturated heterocycles. The van der Waals surface area contributed by atoms with Gasteiger partial charge in [0.2, 0.25) is 0 Å². The fourth-order valence-electron chi connectivity index (χ4n) is 6.45. The molecule has 0 N–H and O–H groups in total. The summed E-state index contributed by atoms with van der Waals surface area (Å²) < 4.78 is 0. The summed E-state index contributed by atoms with van der Waals surface area (Å²) in [5.41, 5.74) is 9.58. The van der Waals surface area contributed by atoms with E-state index in [4.69, 9.17) is 9.97 Å². The van der Waals surface area contributed by atoms with Crippen LogP contribution in [-0.4, -0.2) is 19.9 Å². The summed E-state index contributed by atoms with van der Waals surface area (Å²) >= 11 is 0. The molecule has 0 atom stereocenters. The van der Waals surface area contributed by atoms with Gasteiger partial charge in [-0.2, -0.15) is 0 Å². The van der Waals surface area contributed by atoms with Crippen molar-refractivity contribution in [3.05, 3.63) is 108 Å². The summed E-state index contributed by atoms with van der Waals surface area (Å²) in [6.07, 6.45) is 7.56. The van der Waals surface area contributed by atoms with E-state index in [-0.39, 0.29) is 16.2 Å². The minimum Gasteiger partial charge on any atom is -0.261 e. The van der Waals surface area contributed by atoms with Crippen LogP contribution in [0.15, 0.2) is 91.5 Å². The third-order valence-corrected chi connectivity index (χ3v) is 9.18. The molecule has 7 aromatic rings. The van der Waals surface area contributed by atoms with Gasteiger partial charge >= 0.3 is 0 Å². The molecule has 0 fully saturated rings. The van der Waals surface area contributed by atoms with E-state index in [9.17, 15) is 0 Å². The predicted octanol–water partition coefficient (Wildman–Crippen LogP) is 11.1. The van der Waals surface area contributed by atoms with Crippen LogP contribution in [0, 0.1) is 0 Å². The van der Waals surface area contributed by atoms with Crippen molar-refractivity contribution in [1.82, 2.24) is 19.9 Å². The minimum absolute atomic E-state index is 0.0522. The van der Waals surface area contributed by atoms with Crippen LogP contribution in [0.4, 0.5) is 0 Å². The Hall–Kier alpha value is -4.70. The number of rotatable bonds is 3. The van der Waals surface area contributed by atoms with Crippen molar-refractivity contribution < 1.29 is 0 Å². The molecule has 230 valence electrons. The van der Waals surface area contributed by atoms with E-state index in [1.165, 1.54) is 49.0 Å². The van der Waals surface area contributed by atoms with E-state index in [2.05, 4.69) is 139 Å². The van der Waals surface area contributed by atoms with Gasteiger partial charge in [-0.25, -0.2) is 9.97 Å². The average Bonchev–Trinajstić information content (AvgIpc) is 3.02. The summed E-state index contributed by atoms with van der Waals surface area (Å²) in [7, 11) is 0. The summed E-state index contributed by atoms with van der Waals surface area (Å²) in [6.45, 7) is 19.9. The molecule has 2 heterocycles. The summed E-state index contributed by atoms with van der Waals surface area (Å²) in [6, 6.07) is 24.9. The summed E-state index contributed by atoms with van der Waals surface area (Å²) in [4.78, 5) is 19.5. The molecule has 46 heavy (non-hydrogen) atoms. The first-order valence-electron chi connectivity index (χ1n) is 16.2. The van der Waals surface area contributed by atoms with Crippen LogP contribution in [0.2, 0.25) is 0 Å². The van der Waals surface area contributed by atoms with E-state index in [0.29, 0.717) is 0 Å². The Morgan fingerprint density at radius 3 is 1.54 bits per heavy atom. The fourth-order valence-corrected chi connectivity index (χ4v) is 6.45. The Balaban J connectivity index is 1.57. The van der Waals surface area contributed by atoms with Crippen LogP contribution in [-0.2, 0) is 16.2 Å². The van der Waals surface area contributed by atoms with E-state index >= 15 is 0 Å². The van der Waals surface area contributed by atoms with Gasteiger partial charge in [0.25, 0.3) is 0 Å². The molecule has 0 saturated carbocycles. The van der Waals surface area contributed by atoms with Crippen molar-refractivity contribution in [2.45, 2.75) is 78.6 Å². The van der Waals surface area contributed by atoms with Crippen molar-refractivity contribution in [2.24, 2.45) is 0 Å². The second kappa shape index (κ2) is 10.4. The quantitative estimate of drug-likeness (QED) is 0.189. The first-order chi connectivity index (χ1) is 21.7. The lowest BCUT2D eigenvalue weighted by atomic mass is 9.83. The highest BCUT2D eigenvalue weighted by Gasteiger charge is 2.23. The first-order valence-corrected chi connectivity index (χ1v) is 16.2. The van der Waals surface area contributed by atoms with E-state index < -0.39 is 0 Å². The zero-order chi connectivity index (χ0) is 32.6. The van der Waals surface area contributed by atoms with Gasteiger partial charge in [-0.05, 0) is 60.5 Å². The Morgan fingerprint density at radius 2 is 0.978 bits per heavy atom. The Labute approximate surface area is 272 Å². The molecular weight excluding hydrogens is 560 g/mol. The maximum absolute atomic E-state index is 5.13. The highest BCUT2D eigenvalue weighted by molar-refractivity contribution is 6.30. The number of hydrogen-bond acceptors (Lipinski definition) is 4. The van der Waals surface area contributed by atoms with Crippen molar-refractivity contribution in [2.75, 3.05) is 0 Å². The number of hydrogen-bond donors (Lipinski definition) is 0. The molecule has 0 bridgehead atoms. The third kappa shape index (κ3) is 5.10. The Morgan fingerprint density at radius 1 is 0.457 bits per heavy atom. The third-order valence-electron chi connectivity index (χ3n) is 9.18. The standard InChI is InChI=1S/C42H42N4/c1-40(2,3)27-12-10-11-25(19-27)33-20-26-13-14-28(34-21-43-23-36(45-34)41(4,5)6)30-17-18-31-29(15-16-32(33)39(31)38(26)30)35-22-44-24-37(46-35)42(7,8)9/h10-24H,1-9H3. The van der Waals surface area contributed by atoms with Gasteiger partial charge in [0.05, 0.1) is 35.2 Å². The van der Waals surface area contributed by atoms with Gasteiger partial charge in [-0.15, -0.1) is 0 Å². The van der Waals surface area contributed by atoms with E-state index in [0.717, 1.165) is 33.9 Å². The molecular formula is C42H42N4. The zero-order valence-electron chi connectivity index (χ0n) is 28.4. The maximum Gasteiger partial charge on any atom is 0.0895 e. The summed E-state index contributed by atoms with van der Waals surface area (Å²) in [5.74, 6) is 0. The molecule has 0 aliphatic rings. The van der Waals surface area contributed by atoms with Crippen molar-refractivity contribution >= 4 is 32.3 Å². The number of aromatic nitrogens is 4. The Kier molecular flexibility index (Phi) is 6.79. The second-order valence-corrected chi connectivity index (χ2v) is 15.7. The maximum atomic E-state index is 5.13. The van der Waals surface area contributed by atoms with Crippen molar-refractivity contribution in [3.8, 4) is 33.6 Å². The van der Waals surface area contributed by atoms with Crippen LogP contribution in [0.1, 0.15) is 79.3 Å². The summed E-state index contributed by atoms with van der Waals surface area (Å²) in [5, 5.41) is 7.28. The van der Waals surface area contributed by atoms with Crippen LogP contribution in [0.5, 0.6) is 0 Å². The molecule has 0 radical (unpaired) electrons. The lowest BCUT2D eigenvalue weighted by Crippen LogP contribution is -2.14. The normalized spacial score (nSPS) is 12.9. The highest BCUT2D eigenvalue weighted by Crippen LogP contribution is 2.46. The topological polar surface area (TPSA) is 51.6 Å². The molecule has 2 aromatic heterocycles. The first kappa shape index (κ1) is 30.0. The Bertz CT molecular complexity index is 2250. The lowest BCUT2D eigenvalue weighted by molar-refractivity contribution is 0.566. The predicted molar refractivity (Wildman–Crippen MR) is 194 cm³/mol. The SMILES string of the molecule is CC(C)(C)c1cccc(-c2cc3ccc(-c4cncc(C(C)(C)C)n4)c4ccc5c(-c6cncc(C(C)(C)C)n6)ccc2c5c34)c1. The molecule has 0 spiro atoms. The monoisotopic (exact) mass is 602 g/mol. The van der Waals surface area contributed by atoms with Crippen LogP contribution < -0.4 is 0 Å². The highest BCUT2D eigenvalue weighted by atomic mass is 14.8. The number of benzene rings is 5. The van der Waals surface area contributed by atoms with Gasteiger partial charge in [-0.3, -0.25) is 9.97 Å². The van der Waals surface area contributed by atoms with Gasteiger partial charge in [0.1, 0.15) is 0 Å². The van der Waals surface area contributed by atoms with Crippen molar-refractivity contribution in [1.29, 1.82) is 0 Å². The van der Waals surface area contributed by atoms with Gasteiger partial charge in [0, 0.05) is 34.4 Å². The van der Waals surface area contributed by atoms with Crippen LogP contribution in [0.25, 0.3) is 66.0 Å². The lowest BCUT2D eigenvalue weighted by Gasteiger charge is -2.22. The fraction of sp³-hybridized carbons (Fsp3) is 0.286. The molecule has 0 unspecified atom stereocenters. The molecule has 4 nitrogen and oxygen atoms in total. The molecule has 5 aromatic carbocycles. The van der Waals surface area contributed by atoms with Gasteiger partial charge in [0.15, 0.2) is 0 Å². The average molecular weight is 603 g/mol. The van der Waals surface area contributed by atoms with Crippen LogP contribution in [0.3, 0.4) is 0 Å². The molecule has 7 rings (SSSR count). The zero-order valence-corrected chi connectivity index (χ0v) is 28.4. The van der Waals surface area contributed by atoms with Gasteiger partial charge < -0.3 is 0 Å².